The van der Waals surface area contributed by atoms with Crippen molar-refractivity contribution in [3.05, 3.63) is 51.5 Å². The number of benzene rings is 2. The maximum absolute atomic E-state index is 12.2. The molecule has 0 radical (unpaired) electrons. The number of hydrogen-bond donors (Lipinski definition) is 0. The molecule has 24 heavy (non-hydrogen) atoms. The minimum absolute atomic E-state index is 0.215. The van der Waals surface area contributed by atoms with Crippen molar-refractivity contribution < 1.29 is 19.0 Å². The summed E-state index contributed by atoms with van der Waals surface area (Å²) in [7, 11) is 1.43. The van der Waals surface area contributed by atoms with Crippen LogP contribution in [0.5, 0.6) is 17.2 Å². The maximum Gasteiger partial charge on any atom is 0.352 e. The molecule has 124 valence electrons. The Labute approximate surface area is 152 Å². The second-order valence-electron chi connectivity index (χ2n) is 4.73. The van der Waals surface area contributed by atoms with Gasteiger partial charge >= 0.3 is 5.97 Å². The second-order valence-corrected chi connectivity index (χ2v) is 6.02. The average molecular weight is 411 g/mol. The van der Waals surface area contributed by atoms with Gasteiger partial charge in [-0.05, 0) is 53.2 Å². The van der Waals surface area contributed by atoms with E-state index in [0.717, 1.165) is 0 Å². The van der Waals surface area contributed by atoms with Crippen LogP contribution in [0, 0.1) is 11.3 Å². The molecule has 0 amide bonds. The molecule has 0 aliphatic heterocycles. The fourth-order valence-electron chi connectivity index (χ4n) is 1.82. The van der Waals surface area contributed by atoms with Crippen LogP contribution in [0.25, 0.3) is 0 Å². The van der Waals surface area contributed by atoms with Crippen molar-refractivity contribution in [1.29, 1.82) is 5.26 Å². The second kappa shape index (κ2) is 8.04. The predicted octanol–water partition coefficient (Wildman–Crippen LogP) is 4.36. The summed E-state index contributed by atoms with van der Waals surface area (Å²) in [5.41, 5.74) is 0.404. The van der Waals surface area contributed by atoms with E-state index in [0.29, 0.717) is 26.6 Å². The van der Waals surface area contributed by atoms with Gasteiger partial charge in [0.05, 0.1) is 23.2 Å². The Morgan fingerprint density at radius 2 is 1.92 bits per heavy atom. The number of nitrogens with zero attached hydrogens (tertiary/aromatic N) is 1. The third-order valence-electron chi connectivity index (χ3n) is 3.03. The summed E-state index contributed by atoms with van der Waals surface area (Å²) in [6, 6.07) is 11.5. The number of carbonyl (C=O) groups excluding carboxylic acids is 1. The molecule has 0 spiro atoms. The quantitative estimate of drug-likeness (QED) is 0.541. The monoisotopic (exact) mass is 409 g/mol. The van der Waals surface area contributed by atoms with Crippen LogP contribution < -0.4 is 14.2 Å². The lowest BCUT2D eigenvalue weighted by Crippen LogP contribution is -2.28. The Kier molecular flexibility index (Phi) is 6.07. The zero-order valence-corrected chi connectivity index (χ0v) is 15.2. The molecule has 7 heteroatoms. The summed E-state index contributed by atoms with van der Waals surface area (Å²) < 4.78 is 16.6. The van der Waals surface area contributed by atoms with Crippen LogP contribution in [0.2, 0.25) is 5.02 Å². The van der Waals surface area contributed by atoms with Crippen molar-refractivity contribution in [1.82, 2.24) is 0 Å². The molecular formula is C17H13BrClNO4. The zero-order valence-electron chi connectivity index (χ0n) is 12.9. The molecule has 0 aromatic heterocycles. The molecule has 1 atom stereocenters. The number of methoxy groups -OCH3 is 1. The van der Waals surface area contributed by atoms with Gasteiger partial charge in [0.25, 0.3) is 0 Å². The lowest BCUT2D eigenvalue weighted by molar-refractivity contribution is -0.141. The number of carbonyl (C=O) groups is 1. The van der Waals surface area contributed by atoms with Crippen molar-refractivity contribution in [2.75, 3.05) is 7.11 Å². The highest BCUT2D eigenvalue weighted by Crippen LogP contribution is 2.30. The van der Waals surface area contributed by atoms with E-state index in [2.05, 4.69) is 15.9 Å². The molecule has 0 saturated carbocycles. The van der Waals surface area contributed by atoms with Crippen LogP contribution in [-0.4, -0.2) is 19.2 Å². The van der Waals surface area contributed by atoms with E-state index in [1.165, 1.54) is 25.3 Å². The SMILES string of the molecule is COc1cc(C#N)ccc1OC(=O)C(C)Oc1ccc(Cl)cc1Br. The fourth-order valence-corrected chi connectivity index (χ4v) is 2.60. The lowest BCUT2D eigenvalue weighted by atomic mass is 10.2. The van der Waals surface area contributed by atoms with Crippen molar-refractivity contribution in [2.45, 2.75) is 13.0 Å². The summed E-state index contributed by atoms with van der Waals surface area (Å²) in [6.45, 7) is 1.57. The highest BCUT2D eigenvalue weighted by Gasteiger charge is 2.20. The Hall–Kier alpha value is -2.23. The van der Waals surface area contributed by atoms with Crippen LogP contribution >= 0.6 is 27.5 Å². The summed E-state index contributed by atoms with van der Waals surface area (Å²) in [5.74, 6) is 0.380. The molecule has 0 N–H and O–H groups in total. The van der Waals surface area contributed by atoms with Crippen molar-refractivity contribution in [3.63, 3.8) is 0 Å². The minimum Gasteiger partial charge on any atom is -0.493 e. The Morgan fingerprint density at radius 3 is 2.54 bits per heavy atom. The van der Waals surface area contributed by atoms with E-state index in [1.54, 1.807) is 25.1 Å². The summed E-state index contributed by atoms with van der Waals surface area (Å²) >= 11 is 9.19. The first-order valence-corrected chi connectivity index (χ1v) is 8.03. The van der Waals surface area contributed by atoms with Gasteiger partial charge in [-0.1, -0.05) is 11.6 Å². The number of halogens is 2. The molecule has 0 heterocycles. The molecule has 1 unspecified atom stereocenters. The first kappa shape index (κ1) is 18.1. The van der Waals surface area contributed by atoms with Crippen LogP contribution in [-0.2, 0) is 4.79 Å². The molecule has 5 nitrogen and oxygen atoms in total. The van der Waals surface area contributed by atoms with Gasteiger partial charge in [0.1, 0.15) is 5.75 Å². The smallest absolute Gasteiger partial charge is 0.352 e. The molecule has 2 rings (SSSR count). The zero-order chi connectivity index (χ0) is 17.7. The third kappa shape index (κ3) is 4.40. The largest absolute Gasteiger partial charge is 0.493 e. The van der Waals surface area contributed by atoms with Gasteiger partial charge in [0.2, 0.25) is 0 Å². The molecule has 2 aromatic carbocycles. The van der Waals surface area contributed by atoms with E-state index in [9.17, 15) is 4.79 Å². The number of esters is 1. The highest BCUT2D eigenvalue weighted by molar-refractivity contribution is 9.10. The minimum atomic E-state index is -0.858. The van der Waals surface area contributed by atoms with Gasteiger partial charge in [-0.15, -0.1) is 0 Å². The third-order valence-corrected chi connectivity index (χ3v) is 3.89. The van der Waals surface area contributed by atoms with Crippen molar-refractivity contribution in [3.8, 4) is 23.3 Å². The number of nitriles is 1. The standard InChI is InChI=1S/C17H13BrClNO4/c1-10(23-14-6-4-12(19)8-13(14)18)17(21)24-15-5-3-11(9-20)7-16(15)22-2/h3-8,10H,1-2H3. The summed E-state index contributed by atoms with van der Waals surface area (Å²) in [4.78, 5) is 12.2. The molecule has 0 saturated heterocycles. The van der Waals surface area contributed by atoms with E-state index in [4.69, 9.17) is 31.1 Å². The van der Waals surface area contributed by atoms with Gasteiger partial charge in [0.15, 0.2) is 17.6 Å². The van der Waals surface area contributed by atoms with Crippen LogP contribution in [0.15, 0.2) is 40.9 Å². The Morgan fingerprint density at radius 1 is 1.21 bits per heavy atom. The van der Waals surface area contributed by atoms with Gasteiger partial charge in [0, 0.05) is 11.1 Å². The molecule has 0 bridgehead atoms. The van der Waals surface area contributed by atoms with Gasteiger partial charge in [-0.25, -0.2) is 4.79 Å². The topological polar surface area (TPSA) is 68.5 Å². The molecule has 0 aliphatic rings. The van der Waals surface area contributed by atoms with E-state index in [1.807, 2.05) is 6.07 Å². The van der Waals surface area contributed by atoms with Gasteiger partial charge < -0.3 is 14.2 Å². The molecule has 0 fully saturated rings. The van der Waals surface area contributed by atoms with E-state index < -0.39 is 12.1 Å². The van der Waals surface area contributed by atoms with Crippen LogP contribution in [0.4, 0.5) is 0 Å². The van der Waals surface area contributed by atoms with Crippen LogP contribution in [0.1, 0.15) is 12.5 Å². The van der Waals surface area contributed by atoms with Crippen molar-refractivity contribution in [2.24, 2.45) is 0 Å². The Balaban J connectivity index is 2.10. The number of hydrogen-bond acceptors (Lipinski definition) is 5. The van der Waals surface area contributed by atoms with E-state index >= 15 is 0 Å². The Bertz CT molecular complexity index is 804. The first-order chi connectivity index (χ1) is 11.4. The predicted molar refractivity (Wildman–Crippen MR) is 92.6 cm³/mol. The molecule has 2 aromatic rings. The van der Waals surface area contributed by atoms with E-state index in [-0.39, 0.29) is 5.75 Å². The first-order valence-electron chi connectivity index (χ1n) is 6.86. The van der Waals surface area contributed by atoms with Gasteiger partial charge in [-0.2, -0.15) is 5.26 Å². The molecule has 0 aliphatic carbocycles. The summed E-state index contributed by atoms with van der Waals surface area (Å²) in [5, 5.41) is 9.43. The normalized spacial score (nSPS) is 11.3. The van der Waals surface area contributed by atoms with Gasteiger partial charge in [-0.3, -0.25) is 0 Å². The lowest BCUT2D eigenvalue weighted by Gasteiger charge is -2.16. The number of ether oxygens (including phenoxy) is 3. The van der Waals surface area contributed by atoms with Crippen LogP contribution in [0.3, 0.4) is 0 Å². The number of rotatable bonds is 5. The van der Waals surface area contributed by atoms with Crippen molar-refractivity contribution >= 4 is 33.5 Å². The summed E-state index contributed by atoms with van der Waals surface area (Å²) in [6.07, 6.45) is -0.858. The fraction of sp³-hybridized carbons (Fsp3) is 0.176. The molecular weight excluding hydrogens is 398 g/mol. The maximum atomic E-state index is 12.2. The highest BCUT2D eigenvalue weighted by atomic mass is 79.9. The average Bonchev–Trinajstić information content (AvgIpc) is 2.57.